The minimum Gasteiger partial charge on any atom is -0.462 e. The van der Waals surface area contributed by atoms with Gasteiger partial charge in [-0.15, -0.1) is 0 Å². The van der Waals surface area contributed by atoms with Crippen molar-refractivity contribution in [3.05, 3.63) is 0 Å². The SMILES string of the molecule is CCCCCCCCCCCCCCCCCCCCCCC(=O)O[C@H](COC(=O)CCCCCCCCCCCCCCCCCCCC)COP(=O)(O)OC[C@@H](O)COP(=O)(O)OC[C@@H](COC(=O)CCCCCCCCCCCCC)OC(=O)CCCCCCCCCCCCCC(C)C. The first-order chi connectivity index (χ1) is 50.0. The van der Waals surface area contributed by atoms with E-state index in [1.807, 2.05) is 0 Å². The van der Waals surface area contributed by atoms with Gasteiger partial charge in [0.2, 0.25) is 0 Å². The minimum atomic E-state index is -4.96. The summed E-state index contributed by atoms with van der Waals surface area (Å²) in [6.07, 6.45) is 69.4. The maximum absolute atomic E-state index is 13.1. The fraction of sp³-hybridized carbons (Fsp3) is 0.952. The van der Waals surface area contributed by atoms with Crippen molar-refractivity contribution in [2.24, 2.45) is 5.92 Å². The van der Waals surface area contributed by atoms with Gasteiger partial charge in [0, 0.05) is 25.7 Å². The highest BCUT2D eigenvalue weighted by Gasteiger charge is 2.30. The Labute approximate surface area is 632 Å². The van der Waals surface area contributed by atoms with Gasteiger partial charge in [-0.3, -0.25) is 37.3 Å². The van der Waals surface area contributed by atoms with Gasteiger partial charge in [0.25, 0.3) is 0 Å². The molecule has 0 amide bonds. The Hall–Kier alpha value is -1.94. The predicted molar refractivity (Wildman–Crippen MR) is 423 cm³/mol. The Morgan fingerprint density at radius 1 is 0.262 bits per heavy atom. The molecule has 0 fully saturated rings. The molecule has 103 heavy (non-hydrogen) atoms. The van der Waals surface area contributed by atoms with E-state index in [4.69, 9.17) is 37.0 Å². The Morgan fingerprint density at radius 2 is 0.447 bits per heavy atom. The molecule has 17 nitrogen and oxygen atoms in total. The van der Waals surface area contributed by atoms with Gasteiger partial charge in [-0.2, -0.15) is 0 Å². The number of aliphatic hydroxyl groups excluding tert-OH is 1. The fourth-order valence-corrected chi connectivity index (χ4v) is 14.7. The normalized spacial score (nSPS) is 13.8. The number of ether oxygens (including phenoxy) is 4. The Balaban J connectivity index is 5.24. The number of phosphoric acid groups is 2. The minimum absolute atomic E-state index is 0.107. The zero-order chi connectivity index (χ0) is 75.5. The molecule has 0 bridgehead atoms. The van der Waals surface area contributed by atoms with Crippen molar-refractivity contribution in [3.8, 4) is 0 Å². The van der Waals surface area contributed by atoms with Crippen LogP contribution < -0.4 is 0 Å². The van der Waals surface area contributed by atoms with E-state index in [-0.39, 0.29) is 25.7 Å². The van der Waals surface area contributed by atoms with Crippen LogP contribution in [0, 0.1) is 5.92 Å². The molecule has 0 saturated heterocycles. The number of esters is 4. The molecule has 612 valence electrons. The Kier molecular flexibility index (Phi) is 75.4. The van der Waals surface area contributed by atoms with Crippen molar-refractivity contribution >= 4 is 39.5 Å². The molecule has 5 atom stereocenters. The first-order valence-electron chi connectivity index (χ1n) is 43.6. The van der Waals surface area contributed by atoms with Crippen LogP contribution in [0.1, 0.15) is 452 Å². The van der Waals surface area contributed by atoms with E-state index in [1.165, 1.54) is 276 Å². The first-order valence-corrected chi connectivity index (χ1v) is 46.6. The number of rotatable bonds is 84. The molecule has 0 aromatic rings. The second-order valence-electron chi connectivity index (χ2n) is 30.7. The third-order valence-corrected chi connectivity index (χ3v) is 21.7. The van der Waals surface area contributed by atoms with Gasteiger partial charge in [0.1, 0.15) is 19.3 Å². The van der Waals surface area contributed by atoms with Crippen LogP contribution in [0.15, 0.2) is 0 Å². The van der Waals surface area contributed by atoms with Crippen molar-refractivity contribution in [3.63, 3.8) is 0 Å². The fourth-order valence-electron chi connectivity index (χ4n) is 13.1. The highest BCUT2D eigenvalue weighted by atomic mass is 31.2. The lowest BCUT2D eigenvalue weighted by Gasteiger charge is -2.21. The van der Waals surface area contributed by atoms with E-state index < -0.39 is 97.5 Å². The average Bonchev–Trinajstić information content (AvgIpc) is 0.928. The summed E-state index contributed by atoms with van der Waals surface area (Å²) in [7, 11) is -9.92. The smallest absolute Gasteiger partial charge is 0.462 e. The van der Waals surface area contributed by atoms with Gasteiger partial charge < -0.3 is 33.8 Å². The van der Waals surface area contributed by atoms with Crippen molar-refractivity contribution in [1.29, 1.82) is 0 Å². The van der Waals surface area contributed by atoms with Gasteiger partial charge in [0.05, 0.1) is 26.4 Å². The Bertz CT molecular complexity index is 1960. The maximum atomic E-state index is 13.1. The van der Waals surface area contributed by atoms with Crippen molar-refractivity contribution < 1.29 is 80.2 Å². The lowest BCUT2D eigenvalue weighted by atomic mass is 10.0. The van der Waals surface area contributed by atoms with Gasteiger partial charge in [-0.25, -0.2) is 9.13 Å². The maximum Gasteiger partial charge on any atom is 0.472 e. The van der Waals surface area contributed by atoms with Crippen LogP contribution in [0.25, 0.3) is 0 Å². The lowest BCUT2D eigenvalue weighted by molar-refractivity contribution is -0.161. The highest BCUT2D eigenvalue weighted by Crippen LogP contribution is 2.45. The summed E-state index contributed by atoms with van der Waals surface area (Å²) in [6.45, 7) is 7.35. The topological polar surface area (TPSA) is 237 Å². The quantitative estimate of drug-likeness (QED) is 0.0222. The third kappa shape index (κ3) is 78.0. The molecule has 19 heteroatoms. The zero-order valence-electron chi connectivity index (χ0n) is 67.5. The number of unbranched alkanes of at least 4 members (excludes halogenated alkanes) is 56. The second kappa shape index (κ2) is 76.8. The van der Waals surface area contributed by atoms with E-state index >= 15 is 0 Å². The molecule has 0 radical (unpaired) electrons. The second-order valence-corrected chi connectivity index (χ2v) is 33.6. The molecule has 2 unspecified atom stereocenters. The van der Waals surface area contributed by atoms with Gasteiger partial charge in [-0.1, -0.05) is 401 Å². The standard InChI is InChI=1S/C84H164O17P2/c1-6-9-12-15-18-21-24-26-28-30-32-33-35-37-39-44-49-54-59-64-69-83(88)100-80(74-95-82(87)68-63-58-53-48-43-38-36-34-31-29-27-25-22-19-16-13-10-7-2)76-99-103(92,93)97-72-78(85)71-96-102(90,91)98-75-79(73-94-81(86)67-62-57-52-47-41-23-20-17-14-11-8-3)101-84(89)70-65-60-55-50-45-40-42-46-51-56-61-66-77(4)5/h77-80,85H,6-76H2,1-5H3,(H,90,91)(H,92,93)/t78-,79+,80+/m0/s1. The largest absolute Gasteiger partial charge is 0.472 e. The molecular formula is C84H164O17P2. The van der Waals surface area contributed by atoms with Crippen LogP contribution in [0.4, 0.5) is 0 Å². The number of carbonyl (C=O) groups is 4. The summed E-state index contributed by atoms with van der Waals surface area (Å²) in [5, 5.41) is 10.7. The summed E-state index contributed by atoms with van der Waals surface area (Å²) in [6, 6.07) is 0. The Morgan fingerprint density at radius 3 is 0.660 bits per heavy atom. The van der Waals surface area contributed by atoms with Crippen LogP contribution in [-0.2, 0) is 65.4 Å². The number of hydrogen-bond donors (Lipinski definition) is 3. The van der Waals surface area contributed by atoms with Crippen LogP contribution in [0.2, 0.25) is 0 Å². The molecule has 0 heterocycles. The molecule has 0 aliphatic carbocycles. The van der Waals surface area contributed by atoms with Crippen molar-refractivity contribution in [2.75, 3.05) is 39.6 Å². The molecule has 3 N–H and O–H groups in total. The van der Waals surface area contributed by atoms with Crippen LogP contribution >= 0.6 is 15.6 Å². The molecule has 0 aliphatic rings. The number of carbonyl (C=O) groups excluding carboxylic acids is 4. The van der Waals surface area contributed by atoms with Crippen molar-refractivity contribution in [1.82, 2.24) is 0 Å². The molecule has 0 aromatic carbocycles. The summed E-state index contributed by atoms with van der Waals surface area (Å²) >= 11 is 0. The lowest BCUT2D eigenvalue weighted by Crippen LogP contribution is -2.30. The third-order valence-electron chi connectivity index (χ3n) is 19.8. The molecule has 0 aromatic heterocycles. The number of phosphoric ester groups is 2. The predicted octanol–water partition coefficient (Wildman–Crippen LogP) is 25.6. The molecule has 0 aliphatic heterocycles. The summed E-state index contributed by atoms with van der Waals surface area (Å²) in [5.41, 5.74) is 0. The number of aliphatic hydroxyl groups is 1. The summed E-state index contributed by atoms with van der Waals surface area (Å²) < 4.78 is 68.8. The molecular weight excluding hydrogens is 1340 g/mol. The average molecular weight is 1510 g/mol. The van der Waals surface area contributed by atoms with Crippen LogP contribution in [0.5, 0.6) is 0 Å². The van der Waals surface area contributed by atoms with E-state index in [1.54, 1.807) is 0 Å². The zero-order valence-corrected chi connectivity index (χ0v) is 69.3. The van der Waals surface area contributed by atoms with Gasteiger partial charge in [0.15, 0.2) is 12.2 Å². The highest BCUT2D eigenvalue weighted by molar-refractivity contribution is 7.47. The molecule has 0 rings (SSSR count). The first kappa shape index (κ1) is 101. The van der Waals surface area contributed by atoms with E-state index in [0.717, 1.165) is 95.8 Å². The van der Waals surface area contributed by atoms with E-state index in [0.29, 0.717) is 25.7 Å². The number of hydrogen-bond acceptors (Lipinski definition) is 15. The van der Waals surface area contributed by atoms with Crippen molar-refractivity contribution in [2.45, 2.75) is 470 Å². The summed E-state index contributed by atoms with van der Waals surface area (Å²) in [4.78, 5) is 73.1. The van der Waals surface area contributed by atoms with E-state index in [9.17, 15) is 43.2 Å². The molecule has 0 spiro atoms. The monoisotopic (exact) mass is 1510 g/mol. The molecule has 0 saturated carbocycles. The summed E-state index contributed by atoms with van der Waals surface area (Å²) in [5.74, 6) is -1.34. The van der Waals surface area contributed by atoms with Gasteiger partial charge >= 0.3 is 39.5 Å². The van der Waals surface area contributed by atoms with Crippen LogP contribution in [0.3, 0.4) is 0 Å². The van der Waals surface area contributed by atoms with Crippen LogP contribution in [-0.4, -0.2) is 96.7 Å². The van der Waals surface area contributed by atoms with Gasteiger partial charge in [-0.05, 0) is 31.6 Å². The van der Waals surface area contributed by atoms with E-state index in [2.05, 4.69) is 34.6 Å².